The number of aromatic nitrogens is 2. The molecule has 0 amide bonds. The Morgan fingerprint density at radius 2 is 2.36 bits per heavy atom. The third-order valence-electron chi connectivity index (χ3n) is 2.77. The number of hydrogen-bond donors (Lipinski definition) is 5. The van der Waals surface area contributed by atoms with Gasteiger partial charge in [-0.3, -0.25) is 10.3 Å². The Hall–Kier alpha value is -1.76. The predicted octanol–water partition coefficient (Wildman–Crippen LogP) is -0.484. The Morgan fingerprint density at radius 3 is 3.05 bits per heavy atom. The van der Waals surface area contributed by atoms with Crippen molar-refractivity contribution in [3.05, 3.63) is 17.7 Å². The van der Waals surface area contributed by atoms with E-state index in [4.69, 9.17) is 11.0 Å². The highest BCUT2D eigenvalue weighted by Gasteiger charge is 2.01. The van der Waals surface area contributed by atoms with Gasteiger partial charge in [0, 0.05) is 43.4 Å². The quantitative estimate of drug-likeness (QED) is 0.129. The fraction of sp³-hybridized carbons (Fsp3) is 0.615. The fourth-order valence-electron chi connectivity index (χ4n) is 1.61. The zero-order valence-electron chi connectivity index (χ0n) is 12.9. The summed E-state index contributed by atoms with van der Waals surface area (Å²) in [5.41, 5.74) is 7.58. The van der Waals surface area contributed by atoms with Crippen molar-refractivity contribution in [2.45, 2.75) is 12.7 Å². The minimum atomic E-state index is 0.508. The summed E-state index contributed by atoms with van der Waals surface area (Å²) >= 11 is 1.78. The molecule has 0 atom stereocenters. The van der Waals surface area contributed by atoms with Crippen molar-refractivity contribution in [3.8, 4) is 6.19 Å². The second-order valence-electron chi connectivity index (χ2n) is 4.46. The van der Waals surface area contributed by atoms with E-state index in [1.807, 2.05) is 13.1 Å². The van der Waals surface area contributed by atoms with Crippen LogP contribution in [0.2, 0.25) is 0 Å². The summed E-state index contributed by atoms with van der Waals surface area (Å²) in [5, 5.41) is 17.5. The van der Waals surface area contributed by atoms with E-state index in [0.29, 0.717) is 19.0 Å². The first-order chi connectivity index (χ1) is 10.8. The van der Waals surface area contributed by atoms with Crippen molar-refractivity contribution < 1.29 is 0 Å². The molecule has 22 heavy (non-hydrogen) atoms. The smallest absolute Gasteiger partial charge is 0.204 e. The number of aliphatic imine (C=N–C) groups is 1. The largest absolute Gasteiger partial charge is 0.355 e. The maximum Gasteiger partial charge on any atom is 0.204 e. The normalized spacial score (nSPS) is 11.2. The first-order valence-corrected chi connectivity index (χ1v) is 8.34. The molecule has 1 rings (SSSR count). The van der Waals surface area contributed by atoms with Crippen molar-refractivity contribution in [2.75, 3.05) is 38.5 Å². The molecule has 0 aliphatic heterocycles. The van der Waals surface area contributed by atoms with Crippen molar-refractivity contribution >= 4 is 17.7 Å². The number of guanidine groups is 1. The van der Waals surface area contributed by atoms with Gasteiger partial charge in [0.05, 0.1) is 18.6 Å². The Bertz CT molecular complexity index is 479. The lowest BCUT2D eigenvalue weighted by molar-refractivity contribution is 0.694. The minimum Gasteiger partial charge on any atom is -0.355 e. The van der Waals surface area contributed by atoms with Gasteiger partial charge in [-0.15, -0.1) is 0 Å². The van der Waals surface area contributed by atoms with E-state index >= 15 is 0 Å². The van der Waals surface area contributed by atoms with Gasteiger partial charge in [0.2, 0.25) is 5.96 Å². The third kappa shape index (κ3) is 7.87. The van der Waals surface area contributed by atoms with E-state index in [1.165, 1.54) is 0 Å². The highest BCUT2D eigenvalue weighted by molar-refractivity contribution is 7.98. The van der Waals surface area contributed by atoms with Crippen LogP contribution < -0.4 is 21.7 Å². The molecular weight excluding hydrogens is 300 g/mol. The SMILES string of the molecule is Cc1[nH]cnc1CSCCNC(=NCCNCCN)NC#N. The summed E-state index contributed by atoms with van der Waals surface area (Å²) in [4.78, 5) is 11.6. The number of H-pyrrole nitrogens is 1. The number of nitrogens with one attached hydrogen (secondary N) is 4. The highest BCUT2D eigenvalue weighted by atomic mass is 32.2. The van der Waals surface area contributed by atoms with Crippen LogP contribution in [0.25, 0.3) is 0 Å². The maximum atomic E-state index is 8.70. The molecular formula is C13H24N8S. The van der Waals surface area contributed by atoms with Crippen LogP contribution in [0, 0.1) is 18.4 Å². The molecule has 0 bridgehead atoms. The van der Waals surface area contributed by atoms with E-state index in [2.05, 4.69) is 30.9 Å². The molecule has 0 saturated carbocycles. The lowest BCUT2D eigenvalue weighted by atomic mass is 10.4. The van der Waals surface area contributed by atoms with Crippen LogP contribution in [0.5, 0.6) is 0 Å². The van der Waals surface area contributed by atoms with Crippen LogP contribution in [-0.4, -0.2) is 54.4 Å². The molecule has 0 fully saturated rings. The number of aryl methyl sites for hydroxylation is 1. The predicted molar refractivity (Wildman–Crippen MR) is 90.5 cm³/mol. The van der Waals surface area contributed by atoms with E-state index < -0.39 is 0 Å². The van der Waals surface area contributed by atoms with Crippen LogP contribution in [0.3, 0.4) is 0 Å². The average molecular weight is 324 g/mol. The second-order valence-corrected chi connectivity index (χ2v) is 5.56. The molecule has 1 heterocycles. The van der Waals surface area contributed by atoms with Crippen molar-refractivity contribution in [1.82, 2.24) is 25.9 Å². The number of nitrogens with zero attached hydrogens (tertiary/aromatic N) is 3. The Kier molecular flexibility index (Phi) is 9.85. The molecule has 0 aromatic carbocycles. The molecule has 9 heteroatoms. The molecule has 0 radical (unpaired) electrons. The van der Waals surface area contributed by atoms with Crippen molar-refractivity contribution in [1.29, 1.82) is 5.26 Å². The Morgan fingerprint density at radius 1 is 1.50 bits per heavy atom. The molecule has 0 unspecified atom stereocenters. The maximum absolute atomic E-state index is 8.70. The van der Waals surface area contributed by atoms with Crippen LogP contribution in [0.1, 0.15) is 11.4 Å². The van der Waals surface area contributed by atoms with Crippen LogP contribution in [-0.2, 0) is 5.75 Å². The fourth-order valence-corrected chi connectivity index (χ4v) is 2.48. The minimum absolute atomic E-state index is 0.508. The molecule has 8 nitrogen and oxygen atoms in total. The summed E-state index contributed by atoms with van der Waals surface area (Å²) in [7, 11) is 0. The standard InChI is InChI=1S/C13H24N8S/c1-11-12(21-10-20-11)8-22-7-6-18-13(19-9-15)17-5-4-16-3-2-14/h10,16H,2-8,14H2,1H3,(H,20,21)(H2,17,18,19). The van der Waals surface area contributed by atoms with E-state index in [9.17, 15) is 0 Å². The van der Waals surface area contributed by atoms with E-state index in [-0.39, 0.29) is 0 Å². The third-order valence-corrected chi connectivity index (χ3v) is 3.74. The van der Waals surface area contributed by atoms with Gasteiger partial charge in [-0.2, -0.15) is 17.0 Å². The second kappa shape index (κ2) is 11.9. The molecule has 0 saturated heterocycles. The van der Waals surface area contributed by atoms with E-state index in [0.717, 1.165) is 42.5 Å². The molecule has 0 aliphatic carbocycles. The van der Waals surface area contributed by atoms with Gasteiger partial charge in [-0.25, -0.2) is 4.98 Å². The van der Waals surface area contributed by atoms with Crippen LogP contribution in [0.15, 0.2) is 11.3 Å². The van der Waals surface area contributed by atoms with Gasteiger partial charge in [0.1, 0.15) is 0 Å². The zero-order chi connectivity index (χ0) is 16.0. The molecule has 6 N–H and O–H groups in total. The van der Waals surface area contributed by atoms with Crippen molar-refractivity contribution in [2.24, 2.45) is 10.7 Å². The van der Waals surface area contributed by atoms with Crippen LogP contribution in [0.4, 0.5) is 0 Å². The number of imidazole rings is 1. The number of rotatable bonds is 10. The molecule has 0 spiro atoms. The lowest BCUT2D eigenvalue weighted by Gasteiger charge is -2.08. The molecule has 1 aromatic heterocycles. The molecule has 122 valence electrons. The lowest BCUT2D eigenvalue weighted by Crippen LogP contribution is -2.36. The summed E-state index contributed by atoms with van der Waals surface area (Å²) < 4.78 is 0. The Balaban J connectivity index is 2.16. The Labute approximate surface area is 135 Å². The zero-order valence-corrected chi connectivity index (χ0v) is 13.7. The molecule has 1 aromatic rings. The van der Waals surface area contributed by atoms with Gasteiger partial charge in [0.15, 0.2) is 6.19 Å². The van der Waals surface area contributed by atoms with Gasteiger partial charge in [-0.1, -0.05) is 0 Å². The van der Waals surface area contributed by atoms with Crippen molar-refractivity contribution in [3.63, 3.8) is 0 Å². The average Bonchev–Trinajstić information content (AvgIpc) is 2.92. The summed E-state index contributed by atoms with van der Waals surface area (Å²) in [6.45, 7) is 5.46. The van der Waals surface area contributed by atoms with E-state index in [1.54, 1.807) is 18.1 Å². The highest BCUT2D eigenvalue weighted by Crippen LogP contribution is 2.11. The topological polar surface area (TPSA) is 127 Å². The van der Waals surface area contributed by atoms with Gasteiger partial charge < -0.3 is 21.4 Å². The van der Waals surface area contributed by atoms with Gasteiger partial charge >= 0.3 is 0 Å². The first kappa shape index (κ1) is 18.3. The molecule has 0 aliphatic rings. The number of thioether (sulfide) groups is 1. The summed E-state index contributed by atoms with van der Waals surface area (Å²) in [6, 6.07) is 0. The number of hydrogen-bond acceptors (Lipinski definition) is 6. The van der Waals surface area contributed by atoms with Gasteiger partial charge in [0.25, 0.3) is 0 Å². The first-order valence-electron chi connectivity index (χ1n) is 7.18. The summed E-state index contributed by atoms with van der Waals surface area (Å²) in [5.74, 6) is 2.29. The number of aromatic amines is 1. The van der Waals surface area contributed by atoms with Gasteiger partial charge in [-0.05, 0) is 6.92 Å². The number of nitrogens with two attached hydrogens (primary N) is 1. The monoisotopic (exact) mass is 324 g/mol. The number of nitriles is 1. The van der Waals surface area contributed by atoms with Crippen LogP contribution >= 0.6 is 11.8 Å². The summed E-state index contributed by atoms with van der Waals surface area (Å²) in [6.07, 6.45) is 3.60.